The van der Waals surface area contributed by atoms with E-state index < -0.39 is 0 Å². The molecule has 370 valence electrons. The van der Waals surface area contributed by atoms with Crippen LogP contribution in [0.1, 0.15) is 224 Å². The Morgan fingerprint density at radius 1 is 0.591 bits per heavy atom. The quantitative estimate of drug-likeness (QED) is 0.148. The third-order valence-corrected chi connectivity index (χ3v) is 27.4. The lowest BCUT2D eigenvalue weighted by molar-refractivity contribution is -0.161. The molecule has 19 unspecified atom stereocenters. The average Bonchev–Trinajstić information content (AvgIpc) is 4.08. The summed E-state index contributed by atoms with van der Waals surface area (Å²) in [5.74, 6) is 5.96. The third-order valence-electron chi connectivity index (χ3n) is 27.4. The van der Waals surface area contributed by atoms with Gasteiger partial charge in [-0.3, -0.25) is 9.59 Å². The minimum Gasteiger partial charge on any atom is -0.465 e. The molecule has 0 heterocycles. The van der Waals surface area contributed by atoms with Crippen LogP contribution in [-0.4, -0.2) is 29.6 Å². The van der Waals surface area contributed by atoms with E-state index in [1.54, 1.807) is 0 Å². The van der Waals surface area contributed by atoms with Crippen molar-refractivity contribution in [2.24, 2.45) is 113 Å². The van der Waals surface area contributed by atoms with Gasteiger partial charge in [0.2, 0.25) is 0 Å². The van der Waals surface area contributed by atoms with Crippen molar-refractivity contribution in [1.29, 1.82) is 0 Å². The molecule has 66 heavy (non-hydrogen) atoms. The van der Waals surface area contributed by atoms with Crippen LogP contribution in [0, 0.1) is 113 Å². The number of hydrogen-bond donors (Lipinski definition) is 1. The first kappa shape index (κ1) is 48.2. The Balaban J connectivity index is 0.681. The molecule has 4 nitrogen and oxygen atoms in total. The molecule has 0 aliphatic heterocycles. The zero-order valence-corrected chi connectivity index (χ0v) is 44.7. The van der Waals surface area contributed by atoms with Crippen LogP contribution in [0.25, 0.3) is 0 Å². The summed E-state index contributed by atoms with van der Waals surface area (Å²) in [6.07, 6.45) is 27.4. The number of hydrogen-bond acceptors (Lipinski definition) is 4. The zero-order chi connectivity index (χ0) is 47.6. The second kappa shape index (κ2) is 15.3. The average molecular weight is 907 g/mol. The molecule has 10 fully saturated rings. The standard InChI is InChI=1S/C62H98O4/c1-38(15-17-40(3)44-23-27-57(13)48-21-19-46-53(7,8)50(63)25-29-59(46)36-61(48,59)33-31-55(44,57)11)42(5)35-66-52(65)43(6)39(2)16-18-41(4)45-24-28-58(14)49-22-20-47-54(9,10)51(64)26-30-60(47)37-62(49,60)34-32-56(45,58)12/h40-50,63H,1-2,15-37H2,3-14H3. The summed E-state index contributed by atoms with van der Waals surface area (Å²) >= 11 is 0. The minimum absolute atomic E-state index is 0.0558. The molecule has 0 bridgehead atoms. The molecule has 10 saturated carbocycles. The Morgan fingerprint density at radius 2 is 1.06 bits per heavy atom. The van der Waals surface area contributed by atoms with Crippen LogP contribution in [0.2, 0.25) is 0 Å². The Labute approximate surface area is 404 Å². The van der Waals surface area contributed by atoms with E-state index in [9.17, 15) is 14.7 Å². The summed E-state index contributed by atoms with van der Waals surface area (Å²) in [5, 5.41) is 11.1. The molecule has 10 aliphatic rings. The molecular weight excluding hydrogens is 809 g/mol. The zero-order valence-electron chi connectivity index (χ0n) is 44.7. The summed E-state index contributed by atoms with van der Waals surface area (Å²) in [6, 6.07) is 0. The first-order valence-electron chi connectivity index (χ1n) is 28.5. The van der Waals surface area contributed by atoms with Gasteiger partial charge in [-0.05, 0) is 238 Å². The monoisotopic (exact) mass is 907 g/mol. The number of carbonyl (C=O) groups is 2. The van der Waals surface area contributed by atoms with E-state index in [0.717, 1.165) is 61.9 Å². The lowest BCUT2D eigenvalue weighted by Crippen LogP contribution is -2.57. The maximum atomic E-state index is 13.6. The van der Waals surface area contributed by atoms with E-state index in [0.29, 0.717) is 85.3 Å². The number of fused-ring (bicyclic) bond motifs is 4. The van der Waals surface area contributed by atoms with Crippen molar-refractivity contribution in [3.8, 4) is 0 Å². The molecule has 19 atom stereocenters. The summed E-state index contributed by atoms with van der Waals surface area (Å²) < 4.78 is 6.07. The maximum Gasteiger partial charge on any atom is 0.312 e. The number of ether oxygens (including phenoxy) is 1. The van der Waals surface area contributed by atoms with Gasteiger partial charge in [-0.2, -0.15) is 0 Å². The third kappa shape index (κ3) is 6.08. The number of ketones is 1. The van der Waals surface area contributed by atoms with E-state index in [4.69, 9.17) is 4.74 Å². The largest absolute Gasteiger partial charge is 0.465 e. The van der Waals surface area contributed by atoms with Crippen LogP contribution >= 0.6 is 0 Å². The second-order valence-electron chi connectivity index (χ2n) is 29.4. The lowest BCUT2D eigenvalue weighted by Gasteiger charge is -2.63. The van der Waals surface area contributed by atoms with Gasteiger partial charge in [-0.1, -0.05) is 100 Å². The van der Waals surface area contributed by atoms with Gasteiger partial charge in [-0.15, -0.1) is 0 Å². The Bertz CT molecular complexity index is 2010. The smallest absolute Gasteiger partial charge is 0.312 e. The van der Waals surface area contributed by atoms with Gasteiger partial charge in [0.15, 0.2) is 0 Å². The highest BCUT2D eigenvalue weighted by molar-refractivity contribution is 5.86. The van der Waals surface area contributed by atoms with Gasteiger partial charge >= 0.3 is 5.97 Å². The second-order valence-corrected chi connectivity index (χ2v) is 29.4. The molecule has 0 aromatic heterocycles. The van der Waals surface area contributed by atoms with Crippen LogP contribution in [0.5, 0.6) is 0 Å². The van der Waals surface area contributed by atoms with Crippen LogP contribution < -0.4 is 0 Å². The van der Waals surface area contributed by atoms with E-state index >= 15 is 0 Å². The normalized spacial score (nSPS) is 50.6. The Kier molecular flexibility index (Phi) is 11.2. The number of carbonyl (C=O) groups excluding carboxylic acids is 2. The molecule has 0 amide bonds. The van der Waals surface area contributed by atoms with Gasteiger partial charge in [0.25, 0.3) is 0 Å². The van der Waals surface area contributed by atoms with E-state index in [-0.39, 0.29) is 34.7 Å². The van der Waals surface area contributed by atoms with Gasteiger partial charge < -0.3 is 9.84 Å². The predicted molar refractivity (Wildman–Crippen MR) is 269 cm³/mol. The van der Waals surface area contributed by atoms with E-state index in [2.05, 4.69) is 89.3 Å². The fourth-order valence-electron chi connectivity index (χ4n) is 22.7. The van der Waals surface area contributed by atoms with Crippen molar-refractivity contribution < 1.29 is 19.4 Å². The van der Waals surface area contributed by atoms with Crippen LogP contribution in [0.3, 0.4) is 0 Å². The van der Waals surface area contributed by atoms with Crippen LogP contribution in [0.4, 0.5) is 0 Å². The highest BCUT2D eigenvalue weighted by atomic mass is 16.5. The van der Waals surface area contributed by atoms with Gasteiger partial charge in [0.05, 0.1) is 18.6 Å². The summed E-state index contributed by atoms with van der Waals surface area (Å²) in [5.41, 5.74) is 5.69. The Morgan fingerprint density at radius 3 is 1.61 bits per heavy atom. The first-order chi connectivity index (χ1) is 30.8. The SMILES string of the molecule is C=C(CCC(C)C1CCC2(C)C3CCC4C(C)(C)C(O)CCC45CC35CCC12C)C(C)COC(=O)C(C)C(=C)CCC(C)C1CCC2(C)C3CCC4C(C)(C)C(=O)CCC45CC35CCC12C. The van der Waals surface area contributed by atoms with Gasteiger partial charge in [0, 0.05) is 17.8 Å². The van der Waals surface area contributed by atoms with Crippen molar-refractivity contribution >= 4 is 11.8 Å². The van der Waals surface area contributed by atoms with Crippen molar-refractivity contribution in [2.75, 3.05) is 6.61 Å². The topological polar surface area (TPSA) is 63.6 Å². The number of aliphatic hydroxyl groups excluding tert-OH is 1. The molecule has 4 spiro atoms. The van der Waals surface area contributed by atoms with Crippen molar-refractivity contribution in [3.05, 3.63) is 24.3 Å². The maximum absolute atomic E-state index is 13.6. The summed E-state index contributed by atoms with van der Waals surface area (Å²) in [4.78, 5) is 26.7. The van der Waals surface area contributed by atoms with Gasteiger partial charge in [-0.25, -0.2) is 0 Å². The van der Waals surface area contributed by atoms with Crippen LogP contribution in [0.15, 0.2) is 24.3 Å². The predicted octanol–water partition coefficient (Wildman–Crippen LogP) is 15.6. The fourth-order valence-corrected chi connectivity index (χ4v) is 22.7. The van der Waals surface area contributed by atoms with Gasteiger partial charge in [0.1, 0.15) is 5.78 Å². The highest BCUT2D eigenvalue weighted by Gasteiger charge is 2.84. The molecule has 4 heteroatoms. The summed E-state index contributed by atoms with van der Waals surface area (Å²) in [7, 11) is 0. The molecule has 0 saturated heterocycles. The fraction of sp³-hybridized carbons (Fsp3) is 0.903. The molecule has 0 aromatic carbocycles. The molecule has 10 aliphatic carbocycles. The number of Topliss-reactive ketones (excluding diaryl/α,β-unsaturated/α-hetero) is 1. The van der Waals surface area contributed by atoms with Crippen molar-refractivity contribution in [1.82, 2.24) is 0 Å². The lowest BCUT2D eigenvalue weighted by atomic mass is 9.41. The number of esters is 1. The molecule has 0 radical (unpaired) electrons. The molecule has 10 rings (SSSR count). The number of rotatable bonds is 13. The van der Waals surface area contributed by atoms with E-state index in [1.807, 2.05) is 6.92 Å². The molecule has 0 aromatic rings. The molecule has 1 N–H and O–H groups in total. The van der Waals surface area contributed by atoms with Crippen molar-refractivity contribution in [2.45, 2.75) is 230 Å². The highest BCUT2D eigenvalue weighted by Crippen LogP contribution is 2.90. The molecular formula is C62H98O4. The number of aliphatic hydroxyl groups is 1. The van der Waals surface area contributed by atoms with Crippen LogP contribution in [-0.2, 0) is 14.3 Å². The summed E-state index contributed by atoms with van der Waals surface area (Å²) in [6.45, 7) is 39.0. The minimum atomic E-state index is -0.284. The first-order valence-corrected chi connectivity index (χ1v) is 28.5. The van der Waals surface area contributed by atoms with E-state index in [1.165, 1.54) is 108 Å². The Hall–Kier alpha value is -1.42. The van der Waals surface area contributed by atoms with Crippen molar-refractivity contribution in [3.63, 3.8) is 0 Å².